The van der Waals surface area contributed by atoms with E-state index in [9.17, 15) is 5.11 Å². The number of ether oxygens (including phenoxy) is 1. The van der Waals surface area contributed by atoms with E-state index in [0.717, 1.165) is 43.2 Å². The zero-order valence-electron chi connectivity index (χ0n) is 13.5. The van der Waals surface area contributed by atoms with Gasteiger partial charge in [0, 0.05) is 11.6 Å². The molecule has 0 aliphatic carbocycles. The van der Waals surface area contributed by atoms with Crippen molar-refractivity contribution in [1.29, 1.82) is 0 Å². The second-order valence-corrected chi connectivity index (χ2v) is 6.65. The van der Waals surface area contributed by atoms with Gasteiger partial charge in [-0.15, -0.1) is 0 Å². The molecule has 124 valence electrons. The van der Waals surface area contributed by atoms with Crippen LogP contribution in [0.3, 0.4) is 0 Å². The first kappa shape index (κ1) is 17.6. The molecule has 3 nitrogen and oxygen atoms in total. The number of aliphatic hydroxyl groups excluding tert-OH is 1. The molecule has 1 heterocycles. The Hall–Kier alpha value is -0.770. The Morgan fingerprint density at radius 2 is 2.05 bits per heavy atom. The smallest absolute Gasteiger partial charge is 0.119 e. The van der Waals surface area contributed by atoms with Crippen LogP contribution >= 0.6 is 11.6 Å². The van der Waals surface area contributed by atoms with Gasteiger partial charge in [0.1, 0.15) is 5.75 Å². The fourth-order valence-corrected chi connectivity index (χ4v) is 3.16. The molecule has 1 aromatic carbocycles. The molecule has 2 rings (SSSR count). The summed E-state index contributed by atoms with van der Waals surface area (Å²) in [7, 11) is 0. The average molecular weight is 326 g/mol. The first-order valence-electron chi connectivity index (χ1n) is 8.48. The van der Waals surface area contributed by atoms with Crippen molar-refractivity contribution < 1.29 is 9.84 Å². The molecular formula is C18H28ClNO2. The van der Waals surface area contributed by atoms with Gasteiger partial charge < -0.3 is 14.7 Å². The summed E-state index contributed by atoms with van der Waals surface area (Å²) in [6, 6.07) is 7.44. The molecular weight excluding hydrogens is 298 g/mol. The number of rotatable bonds is 8. The van der Waals surface area contributed by atoms with Gasteiger partial charge in [0.05, 0.1) is 12.7 Å². The van der Waals surface area contributed by atoms with Gasteiger partial charge in [-0.2, -0.15) is 0 Å². The lowest BCUT2D eigenvalue weighted by molar-refractivity contribution is 0.0129. The number of unbranched alkanes of at least 4 members (excludes halogenated alkanes) is 2. The van der Waals surface area contributed by atoms with E-state index >= 15 is 0 Å². The van der Waals surface area contributed by atoms with Gasteiger partial charge in [0.25, 0.3) is 0 Å². The molecule has 1 saturated heterocycles. The molecule has 2 atom stereocenters. The number of β-amino-alcohol motifs (C(OH)–C–C–N with tert-alkyl or cyclic N) is 1. The van der Waals surface area contributed by atoms with Crippen molar-refractivity contribution in [2.75, 3.05) is 26.2 Å². The van der Waals surface area contributed by atoms with E-state index in [0.29, 0.717) is 12.5 Å². The zero-order valence-corrected chi connectivity index (χ0v) is 14.3. The van der Waals surface area contributed by atoms with Gasteiger partial charge in [0.2, 0.25) is 0 Å². The quantitative estimate of drug-likeness (QED) is 0.734. The SMILES string of the molecule is CCCCCN1CC[C@@H](CCOc2ccc(Cl)cc2)[C@H](O)C1. The standard InChI is InChI=1S/C18H28ClNO2/c1-2-3-4-11-20-12-9-15(18(21)14-20)10-13-22-17-7-5-16(19)6-8-17/h5-8,15,18,21H,2-4,9-14H2,1H3/t15-,18+/m0/s1. The number of likely N-dealkylation sites (tertiary alicyclic amines) is 1. The Morgan fingerprint density at radius 3 is 2.73 bits per heavy atom. The number of benzene rings is 1. The van der Waals surface area contributed by atoms with E-state index in [1.54, 1.807) is 0 Å². The first-order valence-corrected chi connectivity index (χ1v) is 8.85. The lowest BCUT2D eigenvalue weighted by atomic mass is 9.91. The van der Waals surface area contributed by atoms with Crippen LogP contribution in [0.25, 0.3) is 0 Å². The number of hydrogen-bond donors (Lipinski definition) is 1. The topological polar surface area (TPSA) is 32.7 Å². The predicted octanol–water partition coefficient (Wildman–Crippen LogP) is 3.98. The number of piperidine rings is 1. The molecule has 0 saturated carbocycles. The van der Waals surface area contributed by atoms with Gasteiger partial charge in [-0.05, 0) is 62.5 Å². The molecule has 1 N–H and O–H groups in total. The second-order valence-electron chi connectivity index (χ2n) is 6.21. The predicted molar refractivity (Wildman–Crippen MR) is 91.6 cm³/mol. The molecule has 0 amide bonds. The highest BCUT2D eigenvalue weighted by atomic mass is 35.5. The van der Waals surface area contributed by atoms with Gasteiger partial charge in [-0.3, -0.25) is 0 Å². The maximum atomic E-state index is 10.3. The van der Waals surface area contributed by atoms with Crippen LogP contribution in [0.15, 0.2) is 24.3 Å². The van der Waals surface area contributed by atoms with Crippen molar-refractivity contribution in [3.05, 3.63) is 29.3 Å². The Kier molecular flexibility index (Phi) is 7.50. The summed E-state index contributed by atoms with van der Waals surface area (Å²) in [5.74, 6) is 1.20. The Labute approximate surface area is 139 Å². The zero-order chi connectivity index (χ0) is 15.8. The van der Waals surface area contributed by atoms with Crippen LogP contribution in [0.1, 0.15) is 39.0 Å². The van der Waals surface area contributed by atoms with E-state index in [-0.39, 0.29) is 6.10 Å². The van der Waals surface area contributed by atoms with Gasteiger partial charge in [0.15, 0.2) is 0 Å². The Morgan fingerprint density at radius 1 is 1.27 bits per heavy atom. The van der Waals surface area contributed by atoms with Crippen LogP contribution in [0.5, 0.6) is 5.75 Å². The molecule has 0 bridgehead atoms. The van der Waals surface area contributed by atoms with Crippen molar-refractivity contribution in [3.63, 3.8) is 0 Å². The summed E-state index contributed by atoms with van der Waals surface area (Å²) in [5, 5.41) is 11.0. The van der Waals surface area contributed by atoms with Crippen LogP contribution in [0.4, 0.5) is 0 Å². The molecule has 0 unspecified atom stereocenters. The van der Waals surface area contributed by atoms with E-state index in [2.05, 4.69) is 11.8 Å². The maximum absolute atomic E-state index is 10.3. The summed E-state index contributed by atoms with van der Waals surface area (Å²) in [6.45, 7) is 5.92. The maximum Gasteiger partial charge on any atom is 0.119 e. The molecule has 1 fully saturated rings. The minimum absolute atomic E-state index is 0.218. The fraction of sp³-hybridized carbons (Fsp3) is 0.667. The molecule has 4 heteroatoms. The third-order valence-corrected chi connectivity index (χ3v) is 4.71. The Balaban J connectivity index is 1.65. The van der Waals surface area contributed by atoms with Crippen molar-refractivity contribution >= 4 is 11.6 Å². The molecule has 0 aromatic heterocycles. The van der Waals surface area contributed by atoms with Gasteiger partial charge in [-0.1, -0.05) is 31.4 Å². The highest BCUT2D eigenvalue weighted by Crippen LogP contribution is 2.22. The molecule has 0 spiro atoms. The molecule has 1 aromatic rings. The number of aliphatic hydroxyl groups is 1. The van der Waals surface area contributed by atoms with Crippen molar-refractivity contribution in [2.45, 2.75) is 45.1 Å². The number of halogens is 1. The third-order valence-electron chi connectivity index (χ3n) is 4.45. The lowest BCUT2D eigenvalue weighted by Gasteiger charge is -2.36. The summed E-state index contributed by atoms with van der Waals surface area (Å²) < 4.78 is 5.73. The largest absolute Gasteiger partial charge is 0.494 e. The van der Waals surface area contributed by atoms with Gasteiger partial charge in [-0.25, -0.2) is 0 Å². The fourth-order valence-electron chi connectivity index (χ4n) is 3.03. The monoisotopic (exact) mass is 325 g/mol. The lowest BCUT2D eigenvalue weighted by Crippen LogP contribution is -2.44. The average Bonchev–Trinajstić information content (AvgIpc) is 2.51. The van der Waals surface area contributed by atoms with E-state index in [1.807, 2.05) is 24.3 Å². The minimum Gasteiger partial charge on any atom is -0.494 e. The normalized spacial score (nSPS) is 22.7. The van der Waals surface area contributed by atoms with Gasteiger partial charge >= 0.3 is 0 Å². The van der Waals surface area contributed by atoms with Crippen LogP contribution in [-0.4, -0.2) is 42.4 Å². The highest BCUT2D eigenvalue weighted by molar-refractivity contribution is 6.30. The Bertz CT molecular complexity index is 424. The van der Waals surface area contributed by atoms with Crippen molar-refractivity contribution in [2.24, 2.45) is 5.92 Å². The van der Waals surface area contributed by atoms with Crippen LogP contribution in [-0.2, 0) is 0 Å². The summed E-state index contributed by atoms with van der Waals surface area (Å²) in [5.41, 5.74) is 0. The number of nitrogens with zero attached hydrogens (tertiary/aromatic N) is 1. The van der Waals surface area contributed by atoms with Crippen molar-refractivity contribution in [1.82, 2.24) is 4.90 Å². The van der Waals surface area contributed by atoms with E-state index in [4.69, 9.17) is 16.3 Å². The van der Waals surface area contributed by atoms with Crippen LogP contribution in [0.2, 0.25) is 5.02 Å². The summed E-state index contributed by atoms with van der Waals surface area (Å²) in [6.07, 6.45) is 5.54. The molecule has 22 heavy (non-hydrogen) atoms. The summed E-state index contributed by atoms with van der Waals surface area (Å²) in [4.78, 5) is 2.40. The van der Waals surface area contributed by atoms with E-state index < -0.39 is 0 Å². The summed E-state index contributed by atoms with van der Waals surface area (Å²) >= 11 is 5.85. The number of hydrogen-bond acceptors (Lipinski definition) is 3. The van der Waals surface area contributed by atoms with Crippen LogP contribution in [0, 0.1) is 5.92 Å². The minimum atomic E-state index is -0.218. The molecule has 1 aliphatic rings. The van der Waals surface area contributed by atoms with Crippen LogP contribution < -0.4 is 4.74 Å². The second kappa shape index (κ2) is 9.39. The van der Waals surface area contributed by atoms with E-state index in [1.165, 1.54) is 19.3 Å². The van der Waals surface area contributed by atoms with Crippen molar-refractivity contribution in [3.8, 4) is 5.75 Å². The highest BCUT2D eigenvalue weighted by Gasteiger charge is 2.27. The molecule has 1 aliphatic heterocycles. The molecule has 0 radical (unpaired) electrons. The third kappa shape index (κ3) is 5.79. The first-order chi connectivity index (χ1) is 10.7.